The Morgan fingerprint density at radius 1 is 1.30 bits per heavy atom. The molecule has 1 fully saturated rings. The predicted molar refractivity (Wildman–Crippen MR) is 95.2 cm³/mol. The number of hydrogen-bond donors (Lipinski definition) is 2. The van der Waals surface area contributed by atoms with Gasteiger partial charge in [0, 0.05) is 30.9 Å². The van der Waals surface area contributed by atoms with E-state index in [4.69, 9.17) is 0 Å². The molecule has 6 heteroatoms. The molecule has 128 valence electrons. The Hall–Kier alpha value is -1.59. The Bertz CT molecular complexity index is 553. The zero-order valence-corrected chi connectivity index (χ0v) is 14.8. The van der Waals surface area contributed by atoms with Crippen LogP contribution in [-0.4, -0.2) is 42.9 Å². The summed E-state index contributed by atoms with van der Waals surface area (Å²) in [5.74, 6) is -0.000202. The number of rotatable bonds is 5. The van der Waals surface area contributed by atoms with Crippen LogP contribution in [0, 0.1) is 5.41 Å². The summed E-state index contributed by atoms with van der Waals surface area (Å²) in [5, 5.41) is 6.16. The van der Waals surface area contributed by atoms with Gasteiger partial charge in [-0.25, -0.2) is 0 Å². The van der Waals surface area contributed by atoms with Crippen LogP contribution in [0.5, 0.6) is 0 Å². The molecular formula is C17H26ClN3O2. The average molecular weight is 340 g/mol. The molecular weight excluding hydrogens is 314 g/mol. The molecule has 0 spiro atoms. The summed E-state index contributed by atoms with van der Waals surface area (Å²) in [6.07, 6.45) is 0.830. The molecule has 23 heavy (non-hydrogen) atoms. The fraction of sp³-hybridized carbons (Fsp3) is 0.529. The number of carbonyl (C=O) groups excluding carboxylic acids is 2. The second-order valence-corrected chi connectivity index (χ2v) is 6.00. The van der Waals surface area contributed by atoms with Crippen LogP contribution in [0.4, 0.5) is 5.69 Å². The molecule has 1 aliphatic heterocycles. The Labute approximate surface area is 144 Å². The SMILES string of the molecule is CCN(CC)C(=O)c1cccc(NC(=O)C2(C)CCNC2)c1.Cl. The van der Waals surface area contributed by atoms with Gasteiger partial charge in [-0.15, -0.1) is 12.4 Å². The highest BCUT2D eigenvalue weighted by Crippen LogP contribution is 2.26. The largest absolute Gasteiger partial charge is 0.339 e. The number of hydrogen-bond acceptors (Lipinski definition) is 3. The quantitative estimate of drug-likeness (QED) is 0.866. The minimum Gasteiger partial charge on any atom is -0.339 e. The Morgan fingerprint density at radius 2 is 2.00 bits per heavy atom. The normalized spacial score (nSPS) is 19.8. The highest BCUT2D eigenvalue weighted by Gasteiger charge is 2.36. The molecule has 0 aliphatic carbocycles. The maximum absolute atomic E-state index is 12.4. The van der Waals surface area contributed by atoms with Gasteiger partial charge in [0.25, 0.3) is 5.91 Å². The molecule has 1 aromatic carbocycles. The molecule has 1 atom stereocenters. The van der Waals surface area contributed by atoms with Gasteiger partial charge < -0.3 is 15.5 Å². The standard InChI is InChI=1S/C17H25N3O2.ClH/c1-4-20(5-2)15(21)13-7-6-8-14(11-13)19-16(22)17(3)9-10-18-12-17;/h6-8,11,18H,4-5,9-10,12H2,1-3H3,(H,19,22);1H. The van der Waals surface area contributed by atoms with E-state index >= 15 is 0 Å². The van der Waals surface area contributed by atoms with Crippen LogP contribution in [0.1, 0.15) is 37.6 Å². The molecule has 5 nitrogen and oxygen atoms in total. The van der Waals surface area contributed by atoms with Crippen molar-refractivity contribution in [1.29, 1.82) is 0 Å². The first-order valence-corrected chi connectivity index (χ1v) is 7.91. The summed E-state index contributed by atoms with van der Waals surface area (Å²) < 4.78 is 0. The molecule has 1 heterocycles. The van der Waals surface area contributed by atoms with Crippen LogP contribution < -0.4 is 10.6 Å². The van der Waals surface area contributed by atoms with Gasteiger partial charge in [0.1, 0.15) is 0 Å². The predicted octanol–water partition coefficient (Wildman–Crippen LogP) is 2.53. The van der Waals surface area contributed by atoms with Crippen LogP contribution in [0.2, 0.25) is 0 Å². The van der Waals surface area contributed by atoms with Crippen LogP contribution in [0.25, 0.3) is 0 Å². The van der Waals surface area contributed by atoms with E-state index in [2.05, 4.69) is 10.6 Å². The maximum Gasteiger partial charge on any atom is 0.253 e. The Balaban J connectivity index is 0.00000264. The van der Waals surface area contributed by atoms with Gasteiger partial charge in [0.05, 0.1) is 5.41 Å². The van der Waals surface area contributed by atoms with Crippen molar-refractivity contribution >= 4 is 29.9 Å². The van der Waals surface area contributed by atoms with Gasteiger partial charge >= 0.3 is 0 Å². The smallest absolute Gasteiger partial charge is 0.253 e. The fourth-order valence-electron chi connectivity index (χ4n) is 2.72. The molecule has 0 aromatic heterocycles. The first-order chi connectivity index (χ1) is 10.5. The monoisotopic (exact) mass is 339 g/mol. The van der Waals surface area contributed by atoms with Crippen molar-refractivity contribution in [2.24, 2.45) is 5.41 Å². The van der Waals surface area contributed by atoms with Crippen molar-refractivity contribution in [3.05, 3.63) is 29.8 Å². The average Bonchev–Trinajstić information content (AvgIpc) is 2.97. The molecule has 2 amide bonds. The van der Waals surface area contributed by atoms with Crippen molar-refractivity contribution in [2.45, 2.75) is 27.2 Å². The molecule has 0 radical (unpaired) electrons. The highest BCUT2D eigenvalue weighted by molar-refractivity contribution is 5.98. The first-order valence-electron chi connectivity index (χ1n) is 7.91. The summed E-state index contributed by atoms with van der Waals surface area (Å²) in [6, 6.07) is 7.17. The number of amides is 2. The van der Waals surface area contributed by atoms with Crippen LogP contribution in [0.15, 0.2) is 24.3 Å². The van der Waals surface area contributed by atoms with E-state index in [-0.39, 0.29) is 29.6 Å². The number of benzene rings is 1. The Morgan fingerprint density at radius 3 is 2.57 bits per heavy atom. The molecule has 1 aromatic rings. The summed E-state index contributed by atoms with van der Waals surface area (Å²) >= 11 is 0. The zero-order chi connectivity index (χ0) is 16.2. The van der Waals surface area contributed by atoms with E-state index in [1.807, 2.05) is 32.9 Å². The van der Waals surface area contributed by atoms with E-state index in [1.54, 1.807) is 17.0 Å². The molecule has 0 bridgehead atoms. The minimum absolute atomic E-state index is 0. The van der Waals surface area contributed by atoms with Crippen molar-refractivity contribution in [3.8, 4) is 0 Å². The van der Waals surface area contributed by atoms with E-state index in [0.717, 1.165) is 13.0 Å². The van der Waals surface area contributed by atoms with Crippen molar-refractivity contribution < 1.29 is 9.59 Å². The van der Waals surface area contributed by atoms with Crippen molar-refractivity contribution in [1.82, 2.24) is 10.2 Å². The lowest BCUT2D eigenvalue weighted by atomic mass is 9.88. The van der Waals surface area contributed by atoms with Gasteiger partial charge in [0.2, 0.25) is 5.91 Å². The van der Waals surface area contributed by atoms with Crippen LogP contribution in [0.3, 0.4) is 0 Å². The van der Waals surface area contributed by atoms with Gasteiger partial charge in [-0.05, 0) is 51.9 Å². The topological polar surface area (TPSA) is 61.4 Å². The molecule has 2 N–H and O–H groups in total. The van der Waals surface area contributed by atoms with Gasteiger partial charge in [0.15, 0.2) is 0 Å². The van der Waals surface area contributed by atoms with E-state index in [9.17, 15) is 9.59 Å². The number of halogens is 1. The van der Waals surface area contributed by atoms with Crippen LogP contribution >= 0.6 is 12.4 Å². The molecule has 1 aliphatic rings. The molecule has 0 saturated carbocycles. The third-order valence-corrected chi connectivity index (χ3v) is 4.33. The zero-order valence-electron chi connectivity index (χ0n) is 14.0. The van der Waals surface area contributed by atoms with E-state index < -0.39 is 0 Å². The van der Waals surface area contributed by atoms with Gasteiger partial charge in [-0.3, -0.25) is 9.59 Å². The fourth-order valence-corrected chi connectivity index (χ4v) is 2.72. The number of anilines is 1. The minimum atomic E-state index is -0.376. The third-order valence-electron chi connectivity index (χ3n) is 4.33. The summed E-state index contributed by atoms with van der Waals surface area (Å²) in [7, 11) is 0. The number of nitrogens with zero attached hydrogens (tertiary/aromatic N) is 1. The summed E-state index contributed by atoms with van der Waals surface area (Å²) in [6.45, 7) is 8.79. The molecule has 1 saturated heterocycles. The van der Waals surface area contributed by atoms with Gasteiger partial charge in [-0.2, -0.15) is 0 Å². The Kier molecular flexibility index (Phi) is 7.03. The lowest BCUT2D eigenvalue weighted by Gasteiger charge is -2.22. The summed E-state index contributed by atoms with van der Waals surface area (Å²) in [4.78, 5) is 26.6. The van der Waals surface area contributed by atoms with Crippen molar-refractivity contribution in [3.63, 3.8) is 0 Å². The van der Waals surface area contributed by atoms with E-state index in [0.29, 0.717) is 30.9 Å². The van der Waals surface area contributed by atoms with Gasteiger partial charge in [-0.1, -0.05) is 6.07 Å². The molecule has 2 rings (SSSR count). The van der Waals surface area contributed by atoms with E-state index in [1.165, 1.54) is 0 Å². The highest BCUT2D eigenvalue weighted by atomic mass is 35.5. The first kappa shape index (κ1) is 19.5. The lowest BCUT2D eigenvalue weighted by Crippen LogP contribution is -2.35. The molecule has 1 unspecified atom stereocenters. The number of carbonyl (C=O) groups is 2. The number of nitrogens with one attached hydrogen (secondary N) is 2. The second kappa shape index (κ2) is 8.31. The van der Waals surface area contributed by atoms with Crippen LogP contribution in [-0.2, 0) is 4.79 Å². The third kappa shape index (κ3) is 4.45. The summed E-state index contributed by atoms with van der Waals surface area (Å²) in [5.41, 5.74) is 0.908. The second-order valence-electron chi connectivity index (χ2n) is 6.00. The maximum atomic E-state index is 12.4. The lowest BCUT2D eigenvalue weighted by molar-refractivity contribution is -0.123. The van der Waals surface area contributed by atoms with Crippen molar-refractivity contribution in [2.75, 3.05) is 31.5 Å².